The van der Waals surface area contributed by atoms with Crippen LogP contribution in [-0.4, -0.2) is 83.4 Å². The number of amides is 3. The number of likely N-dealkylation sites (N-methyl/N-ethyl adjacent to an activating group) is 1. The molecule has 7 rings (SSSR count). The van der Waals surface area contributed by atoms with Crippen LogP contribution in [0.1, 0.15) is 66.7 Å². The molecule has 0 bridgehead atoms. The molecule has 0 aromatic heterocycles. The van der Waals surface area contributed by atoms with Crippen molar-refractivity contribution in [3.8, 4) is 11.1 Å². The van der Waals surface area contributed by atoms with Crippen LogP contribution in [0.3, 0.4) is 0 Å². The zero-order chi connectivity index (χ0) is 36.7. The lowest BCUT2D eigenvalue weighted by molar-refractivity contribution is -0.159. The Bertz CT molecular complexity index is 1870. The third-order valence-corrected chi connectivity index (χ3v) is 11.0. The van der Waals surface area contributed by atoms with Gasteiger partial charge in [-0.2, -0.15) is 0 Å². The second-order valence-electron chi connectivity index (χ2n) is 14.3. The number of benzene rings is 4. The molecule has 3 atom stereocenters. The Labute approximate surface area is 311 Å². The molecule has 2 fully saturated rings. The Morgan fingerprint density at radius 2 is 1.21 bits per heavy atom. The van der Waals surface area contributed by atoms with Crippen LogP contribution in [0.4, 0.5) is 4.79 Å². The summed E-state index contributed by atoms with van der Waals surface area (Å²) in [5.74, 6) is -1.14. The number of hydrogen-bond donors (Lipinski definition) is 0. The first-order valence-corrected chi connectivity index (χ1v) is 18.8. The summed E-state index contributed by atoms with van der Waals surface area (Å²) in [5.41, 5.74) is 6.30. The summed E-state index contributed by atoms with van der Waals surface area (Å²) in [7, 11) is 1.63. The van der Waals surface area contributed by atoms with Crippen LogP contribution in [0.5, 0.6) is 0 Å². The Morgan fingerprint density at radius 3 is 1.85 bits per heavy atom. The minimum absolute atomic E-state index is 0.0897. The average molecular weight is 714 g/mol. The molecule has 4 aromatic rings. The summed E-state index contributed by atoms with van der Waals surface area (Å²) >= 11 is 0. The summed E-state index contributed by atoms with van der Waals surface area (Å²) < 4.78 is 11.8. The van der Waals surface area contributed by atoms with Gasteiger partial charge in [0.25, 0.3) is 0 Å². The van der Waals surface area contributed by atoms with E-state index in [-0.39, 0.29) is 37.4 Å². The lowest BCUT2D eigenvalue weighted by Crippen LogP contribution is -2.60. The lowest BCUT2D eigenvalue weighted by Gasteiger charge is -2.42. The number of ether oxygens (including phenoxy) is 2. The van der Waals surface area contributed by atoms with Crippen LogP contribution in [0.15, 0.2) is 109 Å². The summed E-state index contributed by atoms with van der Waals surface area (Å²) in [4.78, 5) is 61.0. The molecule has 274 valence electrons. The van der Waals surface area contributed by atoms with Crippen molar-refractivity contribution in [2.45, 2.75) is 75.6 Å². The first-order valence-electron chi connectivity index (χ1n) is 18.8. The van der Waals surface area contributed by atoms with Gasteiger partial charge in [-0.3, -0.25) is 14.5 Å². The summed E-state index contributed by atoms with van der Waals surface area (Å²) in [6, 6.07) is 33.0. The van der Waals surface area contributed by atoms with Gasteiger partial charge in [0, 0.05) is 32.5 Å². The maximum atomic E-state index is 14.5. The van der Waals surface area contributed by atoms with Crippen molar-refractivity contribution < 1.29 is 28.7 Å². The maximum Gasteiger partial charge on any atom is 0.410 e. The standard InChI is InChI=1S/C44H47N3O6/c1-45(40(28-31-16-4-2-5-17-31)43(50)52-29-32-18-6-3-7-19-32)41(48)38-24-12-14-26-46(38)42(49)39-25-13-15-27-47(39)44(51)53-30-37-35-22-10-8-20-33(35)34-21-9-11-23-36(34)37/h2-11,16-23,37-40H,12-15,24-30H2,1H3/t38-,39+,40+/m0/s1. The van der Waals surface area contributed by atoms with Gasteiger partial charge in [0.1, 0.15) is 31.3 Å². The number of fused-ring (bicyclic) bond motifs is 3. The molecule has 53 heavy (non-hydrogen) atoms. The van der Waals surface area contributed by atoms with Crippen molar-refractivity contribution in [2.24, 2.45) is 0 Å². The Morgan fingerprint density at radius 1 is 0.660 bits per heavy atom. The number of likely N-dealkylation sites (tertiary alicyclic amines) is 2. The van der Waals surface area contributed by atoms with Crippen molar-refractivity contribution in [1.82, 2.24) is 14.7 Å². The molecule has 0 spiro atoms. The topological polar surface area (TPSA) is 96.5 Å². The normalized spacial score (nSPS) is 18.7. The largest absolute Gasteiger partial charge is 0.459 e. The fourth-order valence-corrected chi connectivity index (χ4v) is 8.16. The summed E-state index contributed by atoms with van der Waals surface area (Å²) in [6.45, 7) is 1.07. The van der Waals surface area contributed by atoms with Gasteiger partial charge in [0.2, 0.25) is 11.8 Å². The lowest BCUT2D eigenvalue weighted by atomic mass is 9.95. The number of piperidine rings is 2. The third kappa shape index (κ3) is 7.84. The molecule has 0 saturated carbocycles. The van der Waals surface area contributed by atoms with Crippen LogP contribution >= 0.6 is 0 Å². The predicted octanol–water partition coefficient (Wildman–Crippen LogP) is 6.98. The zero-order valence-corrected chi connectivity index (χ0v) is 30.3. The molecule has 9 heteroatoms. The highest BCUT2D eigenvalue weighted by Gasteiger charge is 2.43. The summed E-state index contributed by atoms with van der Waals surface area (Å²) in [5, 5.41) is 0. The van der Waals surface area contributed by atoms with Crippen molar-refractivity contribution in [3.63, 3.8) is 0 Å². The highest BCUT2D eigenvalue weighted by atomic mass is 16.6. The van der Waals surface area contributed by atoms with E-state index < -0.39 is 30.2 Å². The minimum Gasteiger partial charge on any atom is -0.459 e. The van der Waals surface area contributed by atoms with Gasteiger partial charge in [-0.25, -0.2) is 9.59 Å². The molecule has 1 aliphatic carbocycles. The zero-order valence-electron chi connectivity index (χ0n) is 30.3. The van der Waals surface area contributed by atoms with Crippen LogP contribution < -0.4 is 0 Å². The maximum absolute atomic E-state index is 14.5. The number of esters is 1. The van der Waals surface area contributed by atoms with Gasteiger partial charge >= 0.3 is 12.1 Å². The number of carbonyl (C=O) groups excluding carboxylic acids is 4. The molecule has 2 aliphatic heterocycles. The van der Waals surface area contributed by atoms with E-state index >= 15 is 0 Å². The highest BCUT2D eigenvalue weighted by Crippen LogP contribution is 2.44. The fraction of sp³-hybridized carbons (Fsp3) is 0.364. The summed E-state index contributed by atoms with van der Waals surface area (Å²) in [6.07, 6.45) is 3.83. The second-order valence-corrected chi connectivity index (χ2v) is 14.3. The fourth-order valence-electron chi connectivity index (χ4n) is 8.16. The molecule has 3 aliphatic rings. The van der Waals surface area contributed by atoms with E-state index in [4.69, 9.17) is 9.47 Å². The van der Waals surface area contributed by atoms with Crippen LogP contribution in [-0.2, 0) is 36.9 Å². The molecule has 9 nitrogen and oxygen atoms in total. The first-order chi connectivity index (χ1) is 25.9. The van der Waals surface area contributed by atoms with Crippen LogP contribution in [0.2, 0.25) is 0 Å². The second kappa shape index (κ2) is 16.5. The van der Waals surface area contributed by atoms with Crippen LogP contribution in [0.25, 0.3) is 11.1 Å². The van der Waals surface area contributed by atoms with Crippen molar-refractivity contribution >= 4 is 23.9 Å². The minimum atomic E-state index is -0.889. The molecular formula is C44H47N3O6. The van der Waals surface area contributed by atoms with E-state index in [2.05, 4.69) is 24.3 Å². The van der Waals surface area contributed by atoms with Gasteiger partial charge in [-0.1, -0.05) is 109 Å². The SMILES string of the molecule is CN(C(=O)[C@@H]1CCCCN1C(=O)[C@H]1CCCCN1C(=O)OCC1c2ccccc2-c2ccccc21)[C@H](Cc1ccccc1)C(=O)OCc1ccccc1. The molecule has 2 heterocycles. The van der Waals surface area contributed by atoms with Crippen molar-refractivity contribution in [3.05, 3.63) is 131 Å². The molecule has 0 N–H and O–H groups in total. The third-order valence-electron chi connectivity index (χ3n) is 11.0. The molecule has 0 unspecified atom stereocenters. The van der Waals surface area contributed by atoms with Gasteiger partial charge in [-0.15, -0.1) is 0 Å². The van der Waals surface area contributed by atoms with Gasteiger partial charge in [0.15, 0.2) is 0 Å². The van der Waals surface area contributed by atoms with E-state index in [1.165, 1.54) is 4.90 Å². The molecule has 2 saturated heterocycles. The first kappa shape index (κ1) is 35.9. The van der Waals surface area contributed by atoms with Gasteiger partial charge in [0.05, 0.1) is 0 Å². The van der Waals surface area contributed by atoms with E-state index in [1.54, 1.807) is 16.8 Å². The van der Waals surface area contributed by atoms with E-state index in [0.29, 0.717) is 25.9 Å². The number of carbonyl (C=O) groups is 4. The molecule has 0 radical (unpaired) electrons. The Balaban J connectivity index is 1.05. The van der Waals surface area contributed by atoms with Crippen molar-refractivity contribution in [2.75, 3.05) is 26.7 Å². The van der Waals surface area contributed by atoms with E-state index in [1.807, 2.05) is 84.9 Å². The van der Waals surface area contributed by atoms with E-state index in [9.17, 15) is 19.2 Å². The molecular weight excluding hydrogens is 666 g/mol. The average Bonchev–Trinajstić information content (AvgIpc) is 3.54. The monoisotopic (exact) mass is 713 g/mol. The van der Waals surface area contributed by atoms with Gasteiger partial charge in [-0.05, 0) is 71.9 Å². The number of hydrogen-bond acceptors (Lipinski definition) is 6. The quantitative estimate of drug-likeness (QED) is 0.165. The van der Waals surface area contributed by atoms with Crippen LogP contribution in [0, 0.1) is 0 Å². The number of nitrogens with zero attached hydrogens (tertiary/aromatic N) is 3. The predicted molar refractivity (Wildman–Crippen MR) is 202 cm³/mol. The Kier molecular flexibility index (Phi) is 11.2. The number of rotatable bonds is 10. The molecule has 3 amide bonds. The van der Waals surface area contributed by atoms with Crippen molar-refractivity contribution in [1.29, 1.82) is 0 Å². The Hall–Kier alpha value is -5.44. The van der Waals surface area contributed by atoms with Gasteiger partial charge < -0.3 is 19.3 Å². The molecule has 4 aromatic carbocycles. The highest BCUT2D eigenvalue weighted by molar-refractivity contribution is 5.93. The van der Waals surface area contributed by atoms with E-state index in [0.717, 1.165) is 59.1 Å². The smallest absolute Gasteiger partial charge is 0.410 e.